The molecule has 4 nitrogen and oxygen atoms in total. The molecule has 0 aromatic heterocycles. The Bertz CT molecular complexity index is 388. The van der Waals surface area contributed by atoms with Gasteiger partial charge in [-0.3, -0.25) is 4.79 Å². The Morgan fingerprint density at radius 2 is 1.84 bits per heavy atom. The number of rotatable bonds is 7. The molecular weight excluding hydrogens is 240 g/mol. The molecule has 1 aromatic carbocycles. The lowest BCUT2D eigenvalue weighted by atomic mass is 10.1. The fourth-order valence-corrected chi connectivity index (χ4v) is 1.61. The van der Waals surface area contributed by atoms with E-state index >= 15 is 0 Å². The lowest BCUT2D eigenvalue weighted by Gasteiger charge is -2.12. The number of hydrogen-bond acceptors (Lipinski definition) is 3. The molecule has 1 rings (SSSR count). The molecule has 1 aromatic rings. The number of nitrogens with one attached hydrogen (secondary N) is 2. The molecule has 2 N–H and O–H groups in total. The number of ether oxygens (including phenoxy) is 1. The fourth-order valence-electron chi connectivity index (χ4n) is 1.61. The maximum Gasteiger partial charge on any atom is 0.228 e. The van der Waals surface area contributed by atoms with Gasteiger partial charge in [-0.15, -0.1) is 0 Å². The van der Waals surface area contributed by atoms with Crippen molar-refractivity contribution in [3.05, 3.63) is 29.8 Å². The first-order valence-electron chi connectivity index (χ1n) is 6.69. The predicted molar refractivity (Wildman–Crippen MR) is 78.1 cm³/mol. The van der Waals surface area contributed by atoms with E-state index in [0.29, 0.717) is 13.2 Å². The van der Waals surface area contributed by atoms with Crippen molar-refractivity contribution in [1.82, 2.24) is 5.32 Å². The Morgan fingerprint density at radius 3 is 2.37 bits per heavy atom. The largest absolute Gasteiger partial charge is 0.374 e. The lowest BCUT2D eigenvalue weighted by Crippen LogP contribution is -2.28. The first kappa shape index (κ1) is 15.7. The van der Waals surface area contributed by atoms with Crippen LogP contribution >= 0.6 is 0 Å². The molecule has 0 bridgehead atoms. The van der Waals surface area contributed by atoms with E-state index in [4.69, 9.17) is 4.74 Å². The SMILES string of the molecule is CNCC(C)C(=O)Nc1ccc(COC(C)C)cc1. The molecule has 0 fully saturated rings. The quantitative estimate of drug-likeness (QED) is 0.795. The summed E-state index contributed by atoms with van der Waals surface area (Å²) in [5, 5.41) is 5.89. The molecule has 1 unspecified atom stereocenters. The third-order valence-electron chi connectivity index (χ3n) is 2.76. The average molecular weight is 264 g/mol. The van der Waals surface area contributed by atoms with E-state index in [9.17, 15) is 4.79 Å². The Kier molecular flexibility index (Phi) is 6.53. The van der Waals surface area contributed by atoms with Gasteiger partial charge in [-0.2, -0.15) is 0 Å². The van der Waals surface area contributed by atoms with Gasteiger partial charge >= 0.3 is 0 Å². The molecule has 0 aliphatic rings. The fraction of sp³-hybridized carbons (Fsp3) is 0.533. The maximum atomic E-state index is 11.8. The normalized spacial score (nSPS) is 12.5. The zero-order valence-corrected chi connectivity index (χ0v) is 12.2. The van der Waals surface area contributed by atoms with Crippen LogP contribution in [0.25, 0.3) is 0 Å². The molecule has 0 radical (unpaired) electrons. The van der Waals surface area contributed by atoms with Gasteiger partial charge in [-0.05, 0) is 38.6 Å². The molecule has 0 spiro atoms. The van der Waals surface area contributed by atoms with Crippen molar-refractivity contribution in [3.8, 4) is 0 Å². The highest BCUT2D eigenvalue weighted by atomic mass is 16.5. The molecule has 106 valence electrons. The number of carbonyl (C=O) groups is 1. The van der Waals surface area contributed by atoms with Crippen molar-refractivity contribution in [2.24, 2.45) is 5.92 Å². The van der Waals surface area contributed by atoms with Crippen molar-refractivity contribution in [2.45, 2.75) is 33.5 Å². The van der Waals surface area contributed by atoms with E-state index in [2.05, 4.69) is 10.6 Å². The molecule has 0 aliphatic heterocycles. The number of benzene rings is 1. The summed E-state index contributed by atoms with van der Waals surface area (Å²) >= 11 is 0. The van der Waals surface area contributed by atoms with E-state index in [1.165, 1.54) is 0 Å². The average Bonchev–Trinajstić information content (AvgIpc) is 2.38. The summed E-state index contributed by atoms with van der Waals surface area (Å²) in [6.07, 6.45) is 0.224. The van der Waals surface area contributed by atoms with Gasteiger partial charge in [-0.25, -0.2) is 0 Å². The van der Waals surface area contributed by atoms with Crippen molar-refractivity contribution in [3.63, 3.8) is 0 Å². The summed E-state index contributed by atoms with van der Waals surface area (Å²) in [4.78, 5) is 11.8. The van der Waals surface area contributed by atoms with Crippen LogP contribution in [0.1, 0.15) is 26.3 Å². The van der Waals surface area contributed by atoms with Crippen LogP contribution in [0.3, 0.4) is 0 Å². The van der Waals surface area contributed by atoms with E-state index in [-0.39, 0.29) is 17.9 Å². The second kappa shape index (κ2) is 7.92. The smallest absolute Gasteiger partial charge is 0.228 e. The standard InChI is InChI=1S/C15H24N2O2/c1-11(2)19-10-13-5-7-14(8-6-13)17-15(18)12(3)9-16-4/h5-8,11-12,16H,9-10H2,1-4H3,(H,17,18). The predicted octanol–water partition coefficient (Wildman–Crippen LogP) is 2.41. The highest BCUT2D eigenvalue weighted by Crippen LogP contribution is 2.12. The molecular formula is C15H24N2O2. The number of hydrogen-bond donors (Lipinski definition) is 2. The minimum atomic E-state index is -0.0473. The van der Waals surface area contributed by atoms with Crippen LogP contribution in [0.4, 0.5) is 5.69 Å². The molecule has 1 amide bonds. The van der Waals surface area contributed by atoms with Crippen molar-refractivity contribution >= 4 is 11.6 Å². The lowest BCUT2D eigenvalue weighted by molar-refractivity contribution is -0.119. The number of carbonyl (C=O) groups excluding carboxylic acids is 1. The molecule has 19 heavy (non-hydrogen) atoms. The Labute approximate surface area is 115 Å². The van der Waals surface area contributed by atoms with Crippen LogP contribution in [0.15, 0.2) is 24.3 Å². The van der Waals surface area contributed by atoms with E-state index in [1.54, 1.807) is 0 Å². The summed E-state index contributed by atoms with van der Waals surface area (Å²) in [7, 11) is 1.84. The second-order valence-electron chi connectivity index (χ2n) is 5.00. The van der Waals surface area contributed by atoms with Gasteiger partial charge in [0.25, 0.3) is 0 Å². The zero-order valence-electron chi connectivity index (χ0n) is 12.2. The van der Waals surface area contributed by atoms with Crippen LogP contribution in [-0.4, -0.2) is 25.6 Å². The summed E-state index contributed by atoms with van der Waals surface area (Å²) in [5.74, 6) is -0.0190. The summed E-state index contributed by atoms with van der Waals surface area (Å²) < 4.78 is 5.52. The summed E-state index contributed by atoms with van der Waals surface area (Å²) in [6.45, 7) is 7.19. The van der Waals surface area contributed by atoms with E-state index < -0.39 is 0 Å². The van der Waals surface area contributed by atoms with Crippen molar-refractivity contribution in [1.29, 1.82) is 0 Å². The number of amides is 1. The molecule has 4 heteroatoms. The van der Waals surface area contributed by atoms with Gasteiger partial charge < -0.3 is 15.4 Å². The van der Waals surface area contributed by atoms with Gasteiger partial charge in [0.05, 0.1) is 12.7 Å². The highest BCUT2D eigenvalue weighted by molar-refractivity contribution is 5.92. The van der Waals surface area contributed by atoms with Crippen LogP contribution < -0.4 is 10.6 Å². The van der Waals surface area contributed by atoms with Crippen molar-refractivity contribution < 1.29 is 9.53 Å². The van der Waals surface area contributed by atoms with Gasteiger partial charge in [0.15, 0.2) is 0 Å². The van der Waals surface area contributed by atoms with E-state index in [1.807, 2.05) is 52.1 Å². The zero-order chi connectivity index (χ0) is 14.3. The number of anilines is 1. The summed E-state index contributed by atoms with van der Waals surface area (Å²) in [6, 6.07) is 7.76. The minimum absolute atomic E-state index is 0.0283. The van der Waals surface area contributed by atoms with Gasteiger partial charge in [0.2, 0.25) is 5.91 Å². The summed E-state index contributed by atoms with van der Waals surface area (Å²) in [5.41, 5.74) is 1.93. The Balaban J connectivity index is 2.50. The first-order valence-corrected chi connectivity index (χ1v) is 6.69. The highest BCUT2D eigenvalue weighted by Gasteiger charge is 2.11. The monoisotopic (exact) mass is 264 g/mol. The maximum absolute atomic E-state index is 11.8. The topological polar surface area (TPSA) is 50.4 Å². The van der Waals surface area contributed by atoms with Crippen LogP contribution in [0, 0.1) is 5.92 Å². The Morgan fingerprint density at radius 1 is 1.21 bits per heavy atom. The van der Waals surface area contributed by atoms with Crippen LogP contribution in [0.2, 0.25) is 0 Å². The van der Waals surface area contributed by atoms with Gasteiger partial charge in [0, 0.05) is 18.2 Å². The van der Waals surface area contributed by atoms with Crippen molar-refractivity contribution in [2.75, 3.05) is 18.9 Å². The molecule has 0 saturated heterocycles. The minimum Gasteiger partial charge on any atom is -0.374 e. The molecule has 1 atom stereocenters. The molecule has 0 saturated carbocycles. The van der Waals surface area contributed by atoms with E-state index in [0.717, 1.165) is 11.3 Å². The Hall–Kier alpha value is -1.39. The third kappa shape index (κ3) is 5.85. The van der Waals surface area contributed by atoms with Crippen LogP contribution in [0.5, 0.6) is 0 Å². The molecule has 0 aliphatic carbocycles. The van der Waals surface area contributed by atoms with Crippen LogP contribution in [-0.2, 0) is 16.1 Å². The van der Waals surface area contributed by atoms with Gasteiger partial charge in [-0.1, -0.05) is 19.1 Å². The first-order chi connectivity index (χ1) is 9.02. The third-order valence-corrected chi connectivity index (χ3v) is 2.76. The van der Waals surface area contributed by atoms with Gasteiger partial charge in [0.1, 0.15) is 0 Å². The second-order valence-corrected chi connectivity index (χ2v) is 5.00. The molecule has 0 heterocycles.